The summed E-state index contributed by atoms with van der Waals surface area (Å²) in [5.74, 6) is 0. The lowest BCUT2D eigenvalue weighted by Crippen LogP contribution is -1.83. The van der Waals surface area contributed by atoms with Crippen LogP contribution in [-0.2, 0) is 0 Å². The first-order valence-corrected chi connectivity index (χ1v) is 11.2. The Hall–Kier alpha value is -3.32. The van der Waals surface area contributed by atoms with Gasteiger partial charge >= 0.3 is 0 Å². The molecule has 0 N–H and O–H groups in total. The van der Waals surface area contributed by atoms with E-state index in [1.165, 1.54) is 33.4 Å². The summed E-state index contributed by atoms with van der Waals surface area (Å²) in [7, 11) is 0. The third-order valence-corrected chi connectivity index (χ3v) is 6.16. The SMILES string of the molecule is Clc1ccc(-c2ccc(-c3cccc(-c4ccc(-c5ccc(Cl)cc5)cc4)c3)cc2)cc1. The van der Waals surface area contributed by atoms with Crippen molar-refractivity contribution in [2.45, 2.75) is 0 Å². The fourth-order valence-electron chi connectivity index (χ4n) is 3.87. The Bertz CT molecular complexity index is 1230. The summed E-state index contributed by atoms with van der Waals surface area (Å²) in [6.45, 7) is 0. The van der Waals surface area contributed by atoms with Crippen LogP contribution in [0.15, 0.2) is 121 Å². The second-order valence-electron chi connectivity index (χ2n) is 7.75. The minimum absolute atomic E-state index is 0.753. The van der Waals surface area contributed by atoms with Crippen molar-refractivity contribution in [3.8, 4) is 44.5 Å². The molecule has 2 heteroatoms. The topological polar surface area (TPSA) is 0 Å². The van der Waals surface area contributed by atoms with Gasteiger partial charge in [-0.15, -0.1) is 0 Å². The van der Waals surface area contributed by atoms with E-state index >= 15 is 0 Å². The van der Waals surface area contributed by atoms with Gasteiger partial charge < -0.3 is 0 Å². The summed E-state index contributed by atoms with van der Waals surface area (Å²) in [5, 5.41) is 1.51. The molecule has 0 aliphatic rings. The standard InChI is InChI=1S/C30H20Cl2/c31-29-16-12-23(13-17-29)21-4-8-25(9-5-21)27-2-1-3-28(20-27)26-10-6-22(7-11-26)24-14-18-30(32)19-15-24/h1-20H. The zero-order valence-electron chi connectivity index (χ0n) is 17.3. The minimum atomic E-state index is 0.753. The summed E-state index contributed by atoms with van der Waals surface area (Å²) < 4.78 is 0. The van der Waals surface area contributed by atoms with Crippen molar-refractivity contribution in [2.75, 3.05) is 0 Å². The van der Waals surface area contributed by atoms with Crippen LogP contribution >= 0.6 is 23.2 Å². The van der Waals surface area contributed by atoms with Crippen LogP contribution in [0.4, 0.5) is 0 Å². The predicted molar refractivity (Wildman–Crippen MR) is 138 cm³/mol. The van der Waals surface area contributed by atoms with Crippen molar-refractivity contribution in [2.24, 2.45) is 0 Å². The van der Waals surface area contributed by atoms with E-state index in [9.17, 15) is 0 Å². The van der Waals surface area contributed by atoms with Crippen molar-refractivity contribution >= 4 is 23.2 Å². The van der Waals surface area contributed by atoms with Gasteiger partial charge in [-0.05, 0) is 74.8 Å². The molecule has 0 heterocycles. The summed E-state index contributed by atoms with van der Waals surface area (Å²) in [6.07, 6.45) is 0. The highest BCUT2D eigenvalue weighted by molar-refractivity contribution is 6.30. The molecule has 0 radical (unpaired) electrons. The first-order valence-electron chi connectivity index (χ1n) is 10.5. The molecule has 0 aromatic heterocycles. The van der Waals surface area contributed by atoms with Gasteiger partial charge in [-0.25, -0.2) is 0 Å². The molecule has 0 saturated heterocycles. The van der Waals surface area contributed by atoms with Crippen molar-refractivity contribution < 1.29 is 0 Å². The number of rotatable bonds is 4. The molecule has 0 bridgehead atoms. The minimum Gasteiger partial charge on any atom is -0.0843 e. The fourth-order valence-corrected chi connectivity index (χ4v) is 4.13. The summed E-state index contributed by atoms with van der Waals surface area (Å²) >= 11 is 12.0. The molecule has 0 unspecified atom stereocenters. The first-order chi connectivity index (χ1) is 15.7. The molecule has 5 rings (SSSR count). The van der Waals surface area contributed by atoms with Gasteiger partial charge in [0.2, 0.25) is 0 Å². The molecule has 0 spiro atoms. The Morgan fingerprint density at radius 2 is 0.531 bits per heavy atom. The molecule has 32 heavy (non-hydrogen) atoms. The van der Waals surface area contributed by atoms with Gasteiger partial charge in [0.15, 0.2) is 0 Å². The molecule has 154 valence electrons. The largest absolute Gasteiger partial charge is 0.0843 e. The van der Waals surface area contributed by atoms with E-state index in [-0.39, 0.29) is 0 Å². The van der Waals surface area contributed by atoms with Crippen LogP contribution in [0.1, 0.15) is 0 Å². The van der Waals surface area contributed by atoms with Crippen LogP contribution in [0.5, 0.6) is 0 Å². The van der Waals surface area contributed by atoms with Crippen LogP contribution in [-0.4, -0.2) is 0 Å². The van der Waals surface area contributed by atoms with E-state index in [1.807, 2.05) is 48.5 Å². The normalized spacial score (nSPS) is 10.8. The van der Waals surface area contributed by atoms with Crippen molar-refractivity contribution in [3.05, 3.63) is 131 Å². The monoisotopic (exact) mass is 450 g/mol. The first kappa shape index (κ1) is 20.6. The van der Waals surface area contributed by atoms with Gasteiger partial charge in [0.25, 0.3) is 0 Å². The Labute approximate surface area is 198 Å². The molecule has 0 nitrogen and oxygen atoms in total. The summed E-state index contributed by atoms with van der Waals surface area (Å²) in [6, 6.07) is 41.9. The number of benzene rings is 5. The lowest BCUT2D eigenvalue weighted by atomic mass is 9.96. The van der Waals surface area contributed by atoms with Crippen molar-refractivity contribution in [3.63, 3.8) is 0 Å². The lowest BCUT2D eigenvalue weighted by Gasteiger charge is -2.09. The second kappa shape index (κ2) is 9.04. The third kappa shape index (κ3) is 4.48. The molecule has 0 fully saturated rings. The smallest absolute Gasteiger partial charge is 0.0406 e. The number of halogens is 2. The molecule has 5 aromatic rings. The Kier molecular flexibility index (Phi) is 5.81. The maximum absolute atomic E-state index is 6.01. The average Bonchev–Trinajstić information content (AvgIpc) is 2.85. The maximum Gasteiger partial charge on any atom is 0.0406 e. The highest BCUT2D eigenvalue weighted by atomic mass is 35.5. The van der Waals surface area contributed by atoms with Gasteiger partial charge in [-0.2, -0.15) is 0 Å². The van der Waals surface area contributed by atoms with E-state index in [0.29, 0.717) is 0 Å². The summed E-state index contributed by atoms with van der Waals surface area (Å²) in [5.41, 5.74) is 9.48. The lowest BCUT2D eigenvalue weighted by molar-refractivity contribution is 1.57. The Balaban J connectivity index is 1.39. The fraction of sp³-hybridized carbons (Fsp3) is 0. The molecular formula is C30H20Cl2. The van der Waals surface area contributed by atoms with Crippen molar-refractivity contribution in [1.29, 1.82) is 0 Å². The third-order valence-electron chi connectivity index (χ3n) is 5.65. The molecule has 0 saturated carbocycles. The highest BCUT2D eigenvalue weighted by Gasteiger charge is 2.05. The van der Waals surface area contributed by atoms with Gasteiger partial charge in [-0.1, -0.05) is 114 Å². The molecule has 5 aromatic carbocycles. The molecule has 0 aliphatic heterocycles. The van der Waals surface area contributed by atoms with E-state index in [1.54, 1.807) is 0 Å². The van der Waals surface area contributed by atoms with Gasteiger partial charge in [-0.3, -0.25) is 0 Å². The van der Waals surface area contributed by atoms with E-state index < -0.39 is 0 Å². The van der Waals surface area contributed by atoms with Gasteiger partial charge in [0, 0.05) is 10.0 Å². The van der Waals surface area contributed by atoms with Crippen LogP contribution in [0.25, 0.3) is 44.5 Å². The van der Waals surface area contributed by atoms with Crippen LogP contribution in [0.3, 0.4) is 0 Å². The Morgan fingerprint density at radius 1 is 0.281 bits per heavy atom. The zero-order valence-corrected chi connectivity index (χ0v) is 18.8. The van der Waals surface area contributed by atoms with Crippen molar-refractivity contribution in [1.82, 2.24) is 0 Å². The average molecular weight is 451 g/mol. The number of hydrogen-bond acceptors (Lipinski definition) is 0. The molecule has 0 atom stereocenters. The predicted octanol–water partition coefficient (Wildman–Crippen LogP) is 9.66. The molecular weight excluding hydrogens is 431 g/mol. The van der Waals surface area contributed by atoms with Crippen LogP contribution < -0.4 is 0 Å². The molecule has 0 amide bonds. The van der Waals surface area contributed by atoms with Gasteiger partial charge in [0.05, 0.1) is 0 Å². The van der Waals surface area contributed by atoms with Crippen LogP contribution in [0, 0.1) is 0 Å². The van der Waals surface area contributed by atoms with E-state index in [2.05, 4.69) is 72.8 Å². The second-order valence-corrected chi connectivity index (χ2v) is 8.62. The van der Waals surface area contributed by atoms with E-state index in [0.717, 1.165) is 21.2 Å². The maximum atomic E-state index is 6.01. The van der Waals surface area contributed by atoms with Crippen LogP contribution in [0.2, 0.25) is 10.0 Å². The zero-order chi connectivity index (χ0) is 21.9. The summed E-state index contributed by atoms with van der Waals surface area (Å²) in [4.78, 5) is 0. The molecule has 0 aliphatic carbocycles. The number of hydrogen-bond donors (Lipinski definition) is 0. The van der Waals surface area contributed by atoms with Gasteiger partial charge in [0.1, 0.15) is 0 Å². The Morgan fingerprint density at radius 3 is 0.844 bits per heavy atom. The van der Waals surface area contributed by atoms with E-state index in [4.69, 9.17) is 23.2 Å². The quantitative estimate of drug-likeness (QED) is 0.255. The highest BCUT2D eigenvalue weighted by Crippen LogP contribution is 2.30.